The van der Waals surface area contributed by atoms with E-state index in [9.17, 15) is 0 Å². The Labute approximate surface area is 70.0 Å². The van der Waals surface area contributed by atoms with Gasteiger partial charge in [-0.25, -0.2) is 4.99 Å². The van der Waals surface area contributed by atoms with Crippen LogP contribution in [0.4, 0.5) is 5.69 Å². The maximum atomic E-state index is 8.69. The topological polar surface area (TPSA) is 48.8 Å². The van der Waals surface area contributed by atoms with Crippen LogP contribution in [0.5, 0.6) is 0 Å². The zero-order valence-electron chi connectivity index (χ0n) is 6.65. The summed E-state index contributed by atoms with van der Waals surface area (Å²) in [5.74, 6) is 0. The van der Waals surface area contributed by atoms with E-state index >= 15 is 0 Å². The molecule has 0 spiro atoms. The standard InChI is InChI=1S/C9H7N3/c1-6-9(12-10)7-4-2-3-5-8(7)11-6/h2-5H,1H3. The molecular weight excluding hydrogens is 150 g/mol. The van der Waals surface area contributed by atoms with Crippen LogP contribution in [0.25, 0.3) is 5.53 Å². The van der Waals surface area contributed by atoms with E-state index in [0.717, 1.165) is 17.0 Å². The van der Waals surface area contributed by atoms with Gasteiger partial charge in [0.05, 0.1) is 11.3 Å². The third-order valence-electron chi connectivity index (χ3n) is 1.89. The van der Waals surface area contributed by atoms with Gasteiger partial charge in [0.2, 0.25) is 0 Å². The van der Waals surface area contributed by atoms with Crippen molar-refractivity contribution in [2.75, 3.05) is 0 Å². The monoisotopic (exact) mass is 157 g/mol. The molecule has 0 atom stereocenters. The Bertz CT molecular complexity index is 412. The number of hydrogen-bond acceptors (Lipinski definition) is 1. The van der Waals surface area contributed by atoms with Gasteiger partial charge in [0, 0.05) is 0 Å². The lowest BCUT2D eigenvalue weighted by molar-refractivity contribution is -0.000237. The summed E-state index contributed by atoms with van der Waals surface area (Å²) in [5.41, 5.74) is 11.8. The number of rotatable bonds is 0. The summed E-state index contributed by atoms with van der Waals surface area (Å²) in [5, 5.41) is 0. The Kier molecular flexibility index (Phi) is 1.39. The Morgan fingerprint density at radius 2 is 2.08 bits per heavy atom. The minimum absolute atomic E-state index is 0.575. The van der Waals surface area contributed by atoms with Crippen LogP contribution in [0.15, 0.2) is 29.3 Å². The normalized spacial score (nSPS) is 13.8. The second kappa shape index (κ2) is 2.40. The van der Waals surface area contributed by atoms with E-state index in [1.54, 1.807) is 0 Å². The molecular formula is C9H7N3. The van der Waals surface area contributed by atoms with Gasteiger partial charge in [-0.15, -0.1) is 0 Å². The van der Waals surface area contributed by atoms with Gasteiger partial charge in [0.15, 0.2) is 0 Å². The molecule has 1 aliphatic rings. The van der Waals surface area contributed by atoms with Crippen LogP contribution >= 0.6 is 0 Å². The lowest BCUT2D eigenvalue weighted by Gasteiger charge is -1.88. The third kappa shape index (κ3) is 0.807. The Morgan fingerprint density at radius 3 is 2.83 bits per heavy atom. The smallest absolute Gasteiger partial charge is 0.345 e. The fourth-order valence-electron chi connectivity index (χ4n) is 1.33. The first-order chi connectivity index (χ1) is 5.83. The molecule has 0 unspecified atom stereocenters. The molecule has 1 aromatic carbocycles. The Hall–Kier alpha value is -1.73. The maximum Gasteiger partial charge on any atom is 0.345 e. The summed E-state index contributed by atoms with van der Waals surface area (Å²) < 4.78 is 0. The molecule has 0 saturated carbocycles. The lowest BCUT2D eigenvalue weighted by atomic mass is 10.1. The minimum atomic E-state index is 0.575. The molecule has 0 fully saturated rings. The van der Waals surface area contributed by atoms with Gasteiger partial charge in [-0.05, 0) is 19.1 Å². The molecule has 3 nitrogen and oxygen atoms in total. The summed E-state index contributed by atoms with van der Waals surface area (Å²) in [6.45, 7) is 1.83. The first kappa shape index (κ1) is 6.95. The minimum Gasteiger partial charge on any atom is -0.361 e. The highest BCUT2D eigenvalue weighted by Crippen LogP contribution is 2.25. The number of fused-ring (bicyclic) bond motifs is 1. The fraction of sp³-hybridized carbons (Fsp3) is 0.111. The average molecular weight is 157 g/mol. The highest BCUT2D eigenvalue weighted by Gasteiger charge is 2.25. The van der Waals surface area contributed by atoms with E-state index < -0.39 is 0 Å². The van der Waals surface area contributed by atoms with Gasteiger partial charge >= 0.3 is 5.71 Å². The molecule has 0 aliphatic carbocycles. The van der Waals surface area contributed by atoms with Gasteiger partial charge < -0.3 is 5.53 Å². The molecule has 58 valence electrons. The second-order valence-electron chi connectivity index (χ2n) is 2.66. The highest BCUT2D eigenvalue weighted by atomic mass is 14.9. The van der Waals surface area contributed by atoms with E-state index in [4.69, 9.17) is 5.53 Å². The largest absolute Gasteiger partial charge is 0.361 e. The van der Waals surface area contributed by atoms with E-state index in [-0.39, 0.29) is 0 Å². The molecule has 1 aliphatic heterocycles. The molecule has 1 heterocycles. The van der Waals surface area contributed by atoms with Crippen molar-refractivity contribution in [1.82, 2.24) is 0 Å². The number of benzene rings is 1. The molecule has 0 saturated heterocycles. The van der Waals surface area contributed by atoms with Crippen molar-refractivity contribution in [2.24, 2.45) is 4.99 Å². The fourth-order valence-corrected chi connectivity index (χ4v) is 1.33. The molecule has 0 amide bonds. The van der Waals surface area contributed by atoms with E-state index in [1.807, 2.05) is 31.2 Å². The van der Waals surface area contributed by atoms with Crippen LogP contribution in [0.2, 0.25) is 0 Å². The number of aliphatic imine (C=N–C) groups is 1. The second-order valence-corrected chi connectivity index (χ2v) is 2.66. The van der Waals surface area contributed by atoms with Gasteiger partial charge in [0.1, 0.15) is 5.71 Å². The van der Waals surface area contributed by atoms with Crippen molar-refractivity contribution in [2.45, 2.75) is 6.92 Å². The SMILES string of the molecule is CC1=Nc2ccccc2C1=[N+]=[N-]. The molecule has 12 heavy (non-hydrogen) atoms. The summed E-state index contributed by atoms with van der Waals surface area (Å²) in [7, 11) is 0. The summed E-state index contributed by atoms with van der Waals surface area (Å²) in [4.78, 5) is 7.43. The van der Waals surface area contributed by atoms with Crippen molar-refractivity contribution in [3.63, 3.8) is 0 Å². The first-order valence-electron chi connectivity index (χ1n) is 3.70. The number of hydrogen-bond donors (Lipinski definition) is 0. The third-order valence-corrected chi connectivity index (χ3v) is 1.89. The van der Waals surface area contributed by atoms with Crippen LogP contribution in [-0.4, -0.2) is 16.2 Å². The van der Waals surface area contributed by atoms with Crippen molar-refractivity contribution >= 4 is 17.1 Å². The van der Waals surface area contributed by atoms with E-state index in [1.165, 1.54) is 0 Å². The average Bonchev–Trinajstić information content (AvgIpc) is 2.40. The molecule has 0 aromatic heterocycles. The molecule has 0 radical (unpaired) electrons. The number of para-hydroxylation sites is 1. The molecule has 0 bridgehead atoms. The zero-order valence-corrected chi connectivity index (χ0v) is 6.65. The van der Waals surface area contributed by atoms with Crippen LogP contribution in [0, 0.1) is 0 Å². The molecule has 1 aromatic rings. The van der Waals surface area contributed by atoms with Gasteiger partial charge in [0.25, 0.3) is 0 Å². The van der Waals surface area contributed by atoms with E-state index in [2.05, 4.69) is 9.78 Å². The van der Waals surface area contributed by atoms with Crippen LogP contribution in [0.3, 0.4) is 0 Å². The Morgan fingerprint density at radius 1 is 1.33 bits per heavy atom. The van der Waals surface area contributed by atoms with Crippen LogP contribution in [-0.2, 0) is 0 Å². The maximum absolute atomic E-state index is 8.69. The van der Waals surface area contributed by atoms with Crippen molar-refractivity contribution in [1.29, 1.82) is 0 Å². The predicted octanol–water partition coefficient (Wildman–Crippen LogP) is 1.81. The summed E-state index contributed by atoms with van der Waals surface area (Å²) in [6, 6.07) is 7.61. The quantitative estimate of drug-likeness (QED) is 0.407. The van der Waals surface area contributed by atoms with Crippen LogP contribution < -0.4 is 0 Å². The van der Waals surface area contributed by atoms with Gasteiger partial charge in [-0.1, -0.05) is 12.1 Å². The molecule has 0 N–H and O–H groups in total. The summed E-state index contributed by atoms with van der Waals surface area (Å²) in [6.07, 6.45) is 0. The molecule has 2 rings (SSSR count). The Balaban J connectivity index is 2.73. The lowest BCUT2D eigenvalue weighted by Crippen LogP contribution is -2.07. The van der Waals surface area contributed by atoms with Gasteiger partial charge in [-0.3, -0.25) is 0 Å². The highest BCUT2D eigenvalue weighted by molar-refractivity contribution is 6.49. The van der Waals surface area contributed by atoms with Crippen molar-refractivity contribution < 1.29 is 4.79 Å². The number of nitrogens with zero attached hydrogens (tertiary/aromatic N) is 3. The predicted molar refractivity (Wildman–Crippen MR) is 46.9 cm³/mol. The first-order valence-corrected chi connectivity index (χ1v) is 3.70. The zero-order chi connectivity index (χ0) is 8.55. The summed E-state index contributed by atoms with van der Waals surface area (Å²) >= 11 is 0. The van der Waals surface area contributed by atoms with E-state index in [0.29, 0.717) is 5.71 Å². The van der Waals surface area contributed by atoms with Crippen molar-refractivity contribution in [3.05, 3.63) is 35.4 Å². The van der Waals surface area contributed by atoms with Crippen molar-refractivity contribution in [3.8, 4) is 0 Å². The van der Waals surface area contributed by atoms with Gasteiger partial charge in [-0.2, -0.15) is 4.79 Å². The molecule has 3 heteroatoms. The van der Waals surface area contributed by atoms with Crippen LogP contribution in [0.1, 0.15) is 12.5 Å².